The number of hydrogen-bond acceptors (Lipinski definition) is 3. The molecule has 0 aliphatic rings. The van der Waals surface area contributed by atoms with Gasteiger partial charge in [-0.05, 0) is 42.1 Å². The summed E-state index contributed by atoms with van der Waals surface area (Å²) in [7, 11) is 0. The lowest BCUT2D eigenvalue weighted by atomic mass is 10.1. The van der Waals surface area contributed by atoms with Crippen molar-refractivity contribution in [1.29, 1.82) is 0 Å². The van der Waals surface area contributed by atoms with E-state index in [9.17, 15) is 18.4 Å². The van der Waals surface area contributed by atoms with Gasteiger partial charge in [-0.25, -0.2) is 0 Å². The van der Waals surface area contributed by atoms with Crippen LogP contribution in [0.5, 0.6) is 5.75 Å². The third kappa shape index (κ3) is 3.88. The van der Waals surface area contributed by atoms with Crippen molar-refractivity contribution in [3.63, 3.8) is 0 Å². The van der Waals surface area contributed by atoms with E-state index in [1.807, 2.05) is 0 Å². The molecule has 2 aromatic carbocycles. The number of fused-ring (bicyclic) bond motifs is 1. The van der Waals surface area contributed by atoms with Crippen LogP contribution >= 0.6 is 0 Å². The Balaban J connectivity index is 1.76. The summed E-state index contributed by atoms with van der Waals surface area (Å²) in [6.45, 7) is -1.14. The molecule has 3 rings (SSSR count). The second-order valence-electron chi connectivity index (χ2n) is 5.74. The number of halogens is 2. The summed E-state index contributed by atoms with van der Waals surface area (Å²) >= 11 is 0. The van der Waals surface area contributed by atoms with Crippen molar-refractivity contribution < 1.29 is 18.3 Å². The molecular formula is C19H16F2N2O3. The van der Waals surface area contributed by atoms with Crippen molar-refractivity contribution in [3.8, 4) is 5.75 Å². The summed E-state index contributed by atoms with van der Waals surface area (Å²) in [5, 5.41) is 3.94. The third-order valence-electron chi connectivity index (χ3n) is 3.95. The zero-order valence-corrected chi connectivity index (χ0v) is 13.8. The van der Waals surface area contributed by atoms with Crippen LogP contribution in [0.4, 0.5) is 8.78 Å². The monoisotopic (exact) mass is 358 g/mol. The Hall–Kier alpha value is -3.22. The zero-order valence-electron chi connectivity index (χ0n) is 13.8. The summed E-state index contributed by atoms with van der Waals surface area (Å²) in [5.41, 5.74) is 0.524. The molecule has 0 aliphatic carbocycles. The number of rotatable bonds is 5. The van der Waals surface area contributed by atoms with Gasteiger partial charge in [0.25, 0.3) is 11.5 Å². The summed E-state index contributed by atoms with van der Waals surface area (Å²) in [5.74, 6) is -0.394. The standard InChI is InChI=1S/C19H16F2N2O3/c1-11(12-6-8-14(9-7-12)26-19(20)21)22-18(25)16-10-13-4-2-3-5-15(13)17(24)23-16/h2-11,19H,1H3,(H,22,25)(H,23,24). The van der Waals surface area contributed by atoms with Crippen LogP contribution in [0.3, 0.4) is 0 Å². The van der Waals surface area contributed by atoms with Crippen LogP contribution in [0, 0.1) is 0 Å². The number of amides is 1. The Labute approximate surface area is 147 Å². The van der Waals surface area contributed by atoms with Crippen LogP contribution in [-0.2, 0) is 0 Å². The topological polar surface area (TPSA) is 71.2 Å². The average Bonchev–Trinajstić information content (AvgIpc) is 2.61. The maximum Gasteiger partial charge on any atom is 0.387 e. The Morgan fingerprint density at radius 3 is 2.50 bits per heavy atom. The van der Waals surface area contributed by atoms with Crippen molar-refractivity contribution in [1.82, 2.24) is 10.3 Å². The predicted molar refractivity (Wildman–Crippen MR) is 93.5 cm³/mol. The van der Waals surface area contributed by atoms with Gasteiger partial charge in [0.05, 0.1) is 6.04 Å². The maximum atomic E-state index is 12.4. The number of alkyl halides is 2. The second-order valence-corrected chi connectivity index (χ2v) is 5.74. The van der Waals surface area contributed by atoms with Gasteiger partial charge in [0.15, 0.2) is 0 Å². The van der Waals surface area contributed by atoms with E-state index in [-0.39, 0.29) is 17.0 Å². The first-order chi connectivity index (χ1) is 12.4. The number of H-pyrrole nitrogens is 1. The van der Waals surface area contributed by atoms with Gasteiger partial charge in [-0.2, -0.15) is 8.78 Å². The third-order valence-corrected chi connectivity index (χ3v) is 3.95. The largest absolute Gasteiger partial charge is 0.435 e. The number of carbonyl (C=O) groups excluding carboxylic acids is 1. The number of hydrogen-bond donors (Lipinski definition) is 2. The first kappa shape index (κ1) is 17.6. The molecule has 26 heavy (non-hydrogen) atoms. The van der Waals surface area contributed by atoms with E-state index in [2.05, 4.69) is 15.0 Å². The number of nitrogens with one attached hydrogen (secondary N) is 2. The molecule has 2 N–H and O–H groups in total. The first-order valence-corrected chi connectivity index (χ1v) is 7.92. The van der Waals surface area contributed by atoms with Gasteiger partial charge in [0.2, 0.25) is 0 Å². The molecule has 0 spiro atoms. The molecule has 5 nitrogen and oxygen atoms in total. The Kier molecular flexibility index (Phi) is 4.97. The minimum Gasteiger partial charge on any atom is -0.435 e. The zero-order chi connectivity index (χ0) is 18.7. The van der Waals surface area contributed by atoms with Crippen LogP contribution in [-0.4, -0.2) is 17.5 Å². The van der Waals surface area contributed by atoms with Crippen molar-refractivity contribution in [2.45, 2.75) is 19.6 Å². The molecule has 0 saturated carbocycles. The highest BCUT2D eigenvalue weighted by Crippen LogP contribution is 2.19. The highest BCUT2D eigenvalue weighted by atomic mass is 19.3. The highest BCUT2D eigenvalue weighted by Gasteiger charge is 2.14. The Morgan fingerprint density at radius 1 is 1.12 bits per heavy atom. The average molecular weight is 358 g/mol. The summed E-state index contributed by atoms with van der Waals surface area (Å²) < 4.78 is 28.6. The smallest absolute Gasteiger partial charge is 0.387 e. The van der Waals surface area contributed by atoms with Crippen LogP contribution in [0.1, 0.15) is 29.0 Å². The molecule has 1 unspecified atom stereocenters. The van der Waals surface area contributed by atoms with Crippen molar-refractivity contribution in [2.24, 2.45) is 0 Å². The SMILES string of the molecule is CC(NC(=O)c1cc2ccccc2c(=O)[nH]1)c1ccc(OC(F)F)cc1. The van der Waals surface area contributed by atoms with Crippen LogP contribution in [0.25, 0.3) is 10.8 Å². The molecule has 0 bridgehead atoms. The van der Waals surface area contributed by atoms with E-state index in [4.69, 9.17) is 0 Å². The van der Waals surface area contributed by atoms with Crippen LogP contribution < -0.4 is 15.6 Å². The molecule has 1 aromatic heterocycles. The fourth-order valence-corrected chi connectivity index (χ4v) is 2.63. The van der Waals surface area contributed by atoms with Crippen molar-refractivity contribution >= 4 is 16.7 Å². The van der Waals surface area contributed by atoms with Gasteiger partial charge in [0, 0.05) is 5.39 Å². The van der Waals surface area contributed by atoms with E-state index in [1.54, 1.807) is 49.4 Å². The maximum absolute atomic E-state index is 12.4. The lowest BCUT2D eigenvalue weighted by molar-refractivity contribution is -0.0498. The fraction of sp³-hybridized carbons (Fsp3) is 0.158. The summed E-state index contributed by atoms with van der Waals surface area (Å²) in [6.07, 6.45) is 0. The molecular weight excluding hydrogens is 342 g/mol. The molecule has 3 aromatic rings. The van der Waals surface area contributed by atoms with E-state index < -0.39 is 18.6 Å². The molecule has 1 amide bonds. The Bertz CT molecular complexity index is 984. The molecule has 7 heteroatoms. The van der Waals surface area contributed by atoms with E-state index in [1.165, 1.54) is 12.1 Å². The molecule has 0 radical (unpaired) electrons. The van der Waals surface area contributed by atoms with Gasteiger partial charge >= 0.3 is 6.61 Å². The van der Waals surface area contributed by atoms with Gasteiger partial charge in [-0.1, -0.05) is 30.3 Å². The van der Waals surface area contributed by atoms with Gasteiger partial charge in [-0.15, -0.1) is 0 Å². The van der Waals surface area contributed by atoms with Crippen LogP contribution in [0.2, 0.25) is 0 Å². The molecule has 0 saturated heterocycles. The normalized spacial score (nSPS) is 12.2. The molecule has 1 heterocycles. The quantitative estimate of drug-likeness (QED) is 0.732. The van der Waals surface area contributed by atoms with Crippen molar-refractivity contribution in [3.05, 3.63) is 76.2 Å². The summed E-state index contributed by atoms with van der Waals surface area (Å²) in [4.78, 5) is 27.1. The fourth-order valence-electron chi connectivity index (χ4n) is 2.63. The highest BCUT2D eigenvalue weighted by molar-refractivity contribution is 5.96. The number of ether oxygens (including phenoxy) is 1. The Morgan fingerprint density at radius 2 is 1.81 bits per heavy atom. The molecule has 0 aliphatic heterocycles. The number of pyridine rings is 1. The number of carbonyl (C=O) groups is 1. The second kappa shape index (κ2) is 7.35. The van der Waals surface area contributed by atoms with E-state index in [0.717, 1.165) is 0 Å². The molecule has 0 fully saturated rings. The lowest BCUT2D eigenvalue weighted by Gasteiger charge is -2.15. The minimum atomic E-state index is -2.89. The number of benzene rings is 2. The molecule has 134 valence electrons. The number of aromatic amines is 1. The van der Waals surface area contributed by atoms with Crippen molar-refractivity contribution in [2.75, 3.05) is 0 Å². The predicted octanol–water partition coefficient (Wildman–Crippen LogP) is 3.62. The van der Waals surface area contributed by atoms with E-state index >= 15 is 0 Å². The summed E-state index contributed by atoms with van der Waals surface area (Å²) in [6, 6.07) is 14.2. The minimum absolute atomic E-state index is 0.0427. The lowest BCUT2D eigenvalue weighted by Crippen LogP contribution is -2.29. The van der Waals surface area contributed by atoms with Crippen LogP contribution in [0.15, 0.2) is 59.4 Å². The molecule has 1 atom stereocenters. The van der Waals surface area contributed by atoms with Gasteiger partial charge < -0.3 is 15.0 Å². The van der Waals surface area contributed by atoms with Gasteiger partial charge in [0.1, 0.15) is 11.4 Å². The first-order valence-electron chi connectivity index (χ1n) is 7.92. The van der Waals surface area contributed by atoms with Gasteiger partial charge in [-0.3, -0.25) is 9.59 Å². The number of aromatic nitrogens is 1. The van der Waals surface area contributed by atoms with E-state index in [0.29, 0.717) is 16.3 Å².